The maximum absolute atomic E-state index is 10.0. The summed E-state index contributed by atoms with van der Waals surface area (Å²) in [5, 5.41) is 22.5. The molecule has 147 heavy (non-hydrogen) atoms. The zero-order chi connectivity index (χ0) is 104. The van der Waals surface area contributed by atoms with Gasteiger partial charge in [-0.3, -0.25) is 4.79 Å². The maximum Gasteiger partial charge on any atom is 0.295 e. The summed E-state index contributed by atoms with van der Waals surface area (Å²) < 4.78 is 74.8. The van der Waals surface area contributed by atoms with Crippen molar-refractivity contribution in [1.29, 1.82) is 0 Å². The van der Waals surface area contributed by atoms with Crippen molar-refractivity contribution >= 4 is 87.2 Å². The number of benzene rings is 16. The van der Waals surface area contributed by atoms with Gasteiger partial charge in [-0.05, 0) is 194 Å². The number of hydrogen-bond donors (Lipinski definition) is 1. The van der Waals surface area contributed by atoms with E-state index in [1.807, 2.05) is 104 Å². The molecule has 0 spiro atoms. The monoisotopic (exact) mass is 2450 g/mol. The summed E-state index contributed by atoms with van der Waals surface area (Å²) in [6.45, 7) is 18.9. The first-order chi connectivity index (χ1) is 72.8. The van der Waals surface area contributed by atoms with Crippen molar-refractivity contribution < 1.29 is 94.9 Å². The fraction of sp³-hybridized carbons (Fsp3) is 0.106. The summed E-state index contributed by atoms with van der Waals surface area (Å²) in [5.41, 5.74) is 30.9. The quantitative estimate of drug-likeness (QED) is 0.0559. The van der Waals surface area contributed by atoms with Crippen molar-refractivity contribution in [3.05, 3.63) is 518 Å². The molecule has 1 N–H and O–H groups in total. The number of nitrogens with zero attached hydrogens (tertiary/aromatic N) is 10. The number of aliphatic hydroxyl groups is 1. The Morgan fingerprint density at radius 1 is 0.449 bits per heavy atom. The summed E-state index contributed by atoms with van der Waals surface area (Å²) >= 11 is 0. The number of hydrogen-bond acceptors (Lipinski definition) is 6. The van der Waals surface area contributed by atoms with Gasteiger partial charge in [0.2, 0.25) is 0 Å². The van der Waals surface area contributed by atoms with Gasteiger partial charge in [-0.25, -0.2) is 13.7 Å². The molecule has 12 nitrogen and oxygen atoms in total. The Labute approximate surface area is 911 Å². The fourth-order valence-corrected chi connectivity index (χ4v) is 20.2. The van der Waals surface area contributed by atoms with Crippen LogP contribution in [0, 0.1) is 52.0 Å². The Balaban J connectivity index is 0.000000127. The summed E-state index contributed by atoms with van der Waals surface area (Å²) in [6.07, 6.45) is 13.0. The van der Waals surface area contributed by atoms with Crippen LogP contribution < -0.4 is 13.7 Å². The molecule has 24 aromatic rings. The molecule has 0 fully saturated rings. The van der Waals surface area contributed by atoms with E-state index in [1.165, 1.54) is 197 Å². The van der Waals surface area contributed by atoms with Gasteiger partial charge in [0.25, 0.3) is 17.3 Å². The van der Waals surface area contributed by atoms with E-state index in [9.17, 15) is 4.79 Å². The van der Waals surface area contributed by atoms with E-state index in [0.29, 0.717) is 0 Å². The van der Waals surface area contributed by atoms with Gasteiger partial charge < -0.3 is 25.0 Å². The molecule has 8 aromatic heterocycles. The molecule has 3 aliphatic heterocycles. The molecular formula is C132H111Ir3N10O2-. The van der Waals surface area contributed by atoms with E-state index in [-0.39, 0.29) is 103 Å². The van der Waals surface area contributed by atoms with Crippen LogP contribution >= 0.6 is 0 Å². The van der Waals surface area contributed by atoms with Crippen LogP contribution in [-0.2, 0) is 90.2 Å². The summed E-state index contributed by atoms with van der Waals surface area (Å²) in [4.78, 5) is 27.1. The first-order valence-electron chi connectivity index (χ1n) is 51.5. The second kappa shape index (κ2) is 46.1. The second-order valence-electron chi connectivity index (χ2n) is 36.2. The van der Waals surface area contributed by atoms with Crippen LogP contribution in [0.1, 0.15) is 104 Å². The molecule has 15 heteroatoms. The number of aliphatic hydroxyl groups excluding tert-OH is 1. The zero-order valence-electron chi connectivity index (χ0n) is 88.9. The molecule has 0 unspecified atom stereocenters. The molecule has 0 atom stereocenters. The Kier molecular flexibility index (Phi) is 29.3. The summed E-state index contributed by atoms with van der Waals surface area (Å²) in [7, 11) is 0. The summed E-state index contributed by atoms with van der Waals surface area (Å²) in [5.74, 6) is 2.48. The molecule has 4 aliphatic rings. The van der Waals surface area contributed by atoms with E-state index in [2.05, 4.69) is 392 Å². The number of carbonyl (C=O) groups excluding carboxylic acids is 1. The van der Waals surface area contributed by atoms with E-state index < -0.39 is 48.5 Å². The molecule has 0 saturated heterocycles. The van der Waals surface area contributed by atoms with Gasteiger partial charge in [0, 0.05) is 138 Å². The number of aromatic nitrogens is 10. The first-order valence-corrected chi connectivity index (χ1v) is 47.5. The van der Waals surface area contributed by atoms with Crippen molar-refractivity contribution in [1.82, 2.24) is 33.5 Å². The number of imidazole rings is 3. The van der Waals surface area contributed by atoms with Gasteiger partial charge >= 0.3 is 0 Å². The maximum atomic E-state index is 10.0. The molecule has 0 bridgehead atoms. The topological polar surface area (TPSA) is 115 Å². The van der Waals surface area contributed by atoms with E-state index >= 15 is 0 Å². The van der Waals surface area contributed by atoms with Crippen molar-refractivity contribution in [2.75, 3.05) is 0 Å². The van der Waals surface area contributed by atoms with Crippen molar-refractivity contribution in [3.63, 3.8) is 0 Å². The number of pyridine rings is 5. The molecule has 11 heterocycles. The van der Waals surface area contributed by atoms with Crippen molar-refractivity contribution in [2.24, 2.45) is 0 Å². The molecule has 3 radical (unpaired) electrons. The van der Waals surface area contributed by atoms with Gasteiger partial charge in [-0.15, -0.1) is 143 Å². The zero-order valence-corrected chi connectivity index (χ0v) is 88.1. The number of fused-ring (bicyclic) bond motifs is 16. The second-order valence-corrected chi connectivity index (χ2v) is 36.2. The number of aryl methyl sites for hydroxylation is 4. The third kappa shape index (κ3) is 21.0. The number of rotatable bonds is 7. The van der Waals surface area contributed by atoms with Crippen LogP contribution in [0.2, 0.25) is 0 Å². The molecular weight excluding hydrogens is 2330 g/mol. The Morgan fingerprint density at radius 3 is 1.73 bits per heavy atom. The fourth-order valence-electron chi connectivity index (χ4n) is 20.2. The third-order valence-corrected chi connectivity index (χ3v) is 26.5. The smallest absolute Gasteiger partial charge is 0.295 e. The normalized spacial score (nSPS) is 12.5. The first kappa shape index (κ1) is 93.5. The summed E-state index contributed by atoms with van der Waals surface area (Å²) in [6, 6.07) is 130. The average molecular weight is 2450 g/mol. The van der Waals surface area contributed by atoms with Crippen molar-refractivity contribution in [2.45, 2.75) is 95.3 Å². The standard InChI is InChI=1S/C25H21N2.C24H17N2.C20H15N2.C18H14N.C15H10N.C12H10N.C11H8N.C5H8O2.2CH4.3Ir/c1-15-10-11-21-20(12-15)19-9-5-8-18-13-26-14-22(27(21)25(26)24(18)19)23-16(2)6-4-7-17(23)3;1-3-11-19-17(8-1)10-7-15-21(19)26-23-14-6-5-13-22(23)25-16-18-9-2-4-12-20(18)24(25)26;1-3-9-17-15(6-1)8-5-11-19(17)22-13-12-21-14-16-7-2-4-10-18(16)20(21)22;1-18(2)14-8-4-3-7-13(14)17-16-12(10-11-19-17)6-5-9-15(16)18;1-2-7-13(8-3-1)15-14-9-5-4-6-12(14)10-11-16-15;1-10-7-8-12(13-9-10)11-5-3-2-4-6-11;1-2-6-10(7-3-1)11-8-4-5-9-12-11;1-4(6)3-5(2)7;;;;;/h4-12,14H,13H2,1-3H3;1-15H,16H2;1-13H,14H2;3-6,8-11H,1-2H3;1-7,9-11H;2-5,7-9H,1H3;1-6,8-9H;3,6H,1-2H3;2*1H4;;;/q3*+1;4*-1;;;;;;/i;;;;;;1D,2D,3D,4D,5D,6D,8D,9D;;;;;;. The van der Waals surface area contributed by atoms with Crippen molar-refractivity contribution in [3.8, 4) is 90.4 Å². The Hall–Kier alpha value is -15.8. The van der Waals surface area contributed by atoms with Gasteiger partial charge in [0.15, 0.2) is 22.5 Å². The van der Waals surface area contributed by atoms with E-state index in [0.717, 1.165) is 53.4 Å². The Bertz CT molecular complexity index is 9360. The number of allylic oxidation sites excluding steroid dienone is 2. The molecule has 28 rings (SSSR count). The number of carbonyl (C=O) groups is 1. The van der Waals surface area contributed by atoms with Gasteiger partial charge in [-0.1, -0.05) is 265 Å². The minimum atomic E-state index is -0.526. The van der Waals surface area contributed by atoms with E-state index in [4.69, 9.17) is 16.1 Å². The van der Waals surface area contributed by atoms with Gasteiger partial charge in [0.05, 0.1) is 27.8 Å². The van der Waals surface area contributed by atoms with Crippen LogP contribution in [0.15, 0.2) is 443 Å². The SMILES string of the molecule is C.C.CC(=O)C=C(C)O.CC1(C)c2ccc[c-]c2-c2nccc3cccc1c23.Cc1ccc(-c2[c-]cccc2)nc1.Cc1ccc2c(c1)c1cccc3c1c1n2c(-c2c(C)cccc2C)c[n+]1C3.[2H]c1[c-]c(-c2nc([2H])c([2H])c([2H])c2[2H])c([2H])c([2H])c1[2H].[Ir].[Ir].[Ir].[c-]1ccccc1-c1nccc2ccccc12.c1ccc2c(c1)C[n+]1c-2n(-c2cccc3ccccc23)c2ccccc21.c1ccc2c(c1)C[n+]1ccn(-c3cccc4ccccc34)c1-2. The van der Waals surface area contributed by atoms with Gasteiger partial charge in [0.1, 0.15) is 55.1 Å². The van der Waals surface area contributed by atoms with Gasteiger partial charge in [-0.2, -0.15) is 13.5 Å². The van der Waals surface area contributed by atoms with Crippen LogP contribution in [0.3, 0.4) is 0 Å². The van der Waals surface area contributed by atoms with E-state index in [1.54, 1.807) is 0 Å². The molecule has 0 saturated carbocycles. The largest absolute Gasteiger partial charge is 0.512 e. The number of para-hydroxylation sites is 2. The number of ketones is 1. The predicted octanol–water partition coefficient (Wildman–Crippen LogP) is 30.3. The minimum absolute atomic E-state index is 0. The molecule has 0 amide bonds. The molecule has 1 aliphatic carbocycles. The Morgan fingerprint density at radius 2 is 1.02 bits per heavy atom. The third-order valence-electron chi connectivity index (χ3n) is 26.5. The predicted molar refractivity (Wildman–Crippen MR) is 591 cm³/mol. The molecule has 729 valence electrons. The van der Waals surface area contributed by atoms with Crippen LogP contribution in [-0.4, -0.2) is 44.4 Å². The van der Waals surface area contributed by atoms with Crippen LogP contribution in [0.4, 0.5) is 0 Å². The average Bonchev–Trinajstić information content (AvgIpc) is 1.54. The molecule has 16 aromatic carbocycles. The van der Waals surface area contributed by atoms with Crippen LogP contribution in [0.5, 0.6) is 0 Å². The minimum Gasteiger partial charge on any atom is -0.512 e. The van der Waals surface area contributed by atoms with Crippen LogP contribution in [0.25, 0.3) is 172 Å².